The molecule has 1 saturated heterocycles. The van der Waals surface area contributed by atoms with Crippen molar-refractivity contribution in [3.63, 3.8) is 0 Å². The Morgan fingerprint density at radius 2 is 2.00 bits per heavy atom. The number of pyridine rings is 1. The monoisotopic (exact) mass is 286 g/mol. The number of fused-ring (bicyclic) bond motifs is 1. The second-order valence-electron chi connectivity index (χ2n) is 5.60. The zero-order valence-corrected chi connectivity index (χ0v) is 12.0. The van der Waals surface area contributed by atoms with Gasteiger partial charge in [0.1, 0.15) is 6.54 Å². The van der Waals surface area contributed by atoms with Gasteiger partial charge in [-0.1, -0.05) is 6.92 Å². The summed E-state index contributed by atoms with van der Waals surface area (Å²) in [6, 6.07) is 1.72. The first kappa shape index (κ1) is 13.7. The van der Waals surface area contributed by atoms with Crippen molar-refractivity contribution in [2.75, 3.05) is 13.1 Å². The maximum absolute atomic E-state index is 12.3. The number of likely N-dealkylation sites (tertiary alicyclic amines) is 1. The normalized spacial score (nSPS) is 16.3. The number of rotatable bonds is 2. The van der Waals surface area contributed by atoms with E-state index in [1.165, 1.54) is 10.8 Å². The maximum atomic E-state index is 12.3. The van der Waals surface area contributed by atoms with E-state index < -0.39 is 0 Å². The molecular formula is C15H18N4O2. The highest BCUT2D eigenvalue weighted by atomic mass is 16.2. The molecule has 2 aromatic rings. The van der Waals surface area contributed by atoms with Gasteiger partial charge >= 0.3 is 0 Å². The molecule has 0 unspecified atom stereocenters. The lowest BCUT2D eigenvalue weighted by molar-refractivity contribution is -0.133. The van der Waals surface area contributed by atoms with Crippen molar-refractivity contribution in [2.24, 2.45) is 5.92 Å². The minimum atomic E-state index is -0.265. The number of hydrogen-bond acceptors (Lipinski definition) is 4. The predicted octanol–water partition coefficient (Wildman–Crippen LogP) is 1.05. The predicted molar refractivity (Wildman–Crippen MR) is 78.8 cm³/mol. The van der Waals surface area contributed by atoms with E-state index in [1.54, 1.807) is 18.5 Å². The molecule has 110 valence electrons. The van der Waals surface area contributed by atoms with Crippen molar-refractivity contribution >= 4 is 16.9 Å². The third kappa shape index (κ3) is 2.79. The molecule has 0 N–H and O–H groups in total. The Balaban J connectivity index is 1.80. The van der Waals surface area contributed by atoms with Crippen LogP contribution in [0.3, 0.4) is 0 Å². The molecule has 1 aliphatic heterocycles. The topological polar surface area (TPSA) is 68.1 Å². The Hall–Kier alpha value is -2.24. The van der Waals surface area contributed by atoms with E-state index >= 15 is 0 Å². The van der Waals surface area contributed by atoms with Gasteiger partial charge < -0.3 is 9.47 Å². The summed E-state index contributed by atoms with van der Waals surface area (Å²) in [5, 5.41) is 0. The Labute approximate surface area is 122 Å². The molecule has 2 aromatic heterocycles. The van der Waals surface area contributed by atoms with E-state index in [1.807, 2.05) is 4.90 Å². The third-order valence-corrected chi connectivity index (χ3v) is 4.04. The Morgan fingerprint density at radius 3 is 2.76 bits per heavy atom. The molecule has 0 spiro atoms. The Bertz CT molecular complexity index is 717. The van der Waals surface area contributed by atoms with Crippen LogP contribution >= 0.6 is 0 Å². The number of nitrogens with zero attached hydrogens (tertiary/aromatic N) is 4. The fourth-order valence-corrected chi connectivity index (χ4v) is 2.63. The highest BCUT2D eigenvalue weighted by Gasteiger charge is 2.20. The summed E-state index contributed by atoms with van der Waals surface area (Å²) in [4.78, 5) is 34.6. The number of aromatic nitrogens is 3. The number of carbonyl (C=O) groups excluding carboxylic acids is 1. The van der Waals surface area contributed by atoms with Crippen LogP contribution in [0.25, 0.3) is 11.0 Å². The first-order chi connectivity index (χ1) is 10.1. The quantitative estimate of drug-likeness (QED) is 0.827. The summed E-state index contributed by atoms with van der Waals surface area (Å²) in [6.07, 6.45) is 6.71. The molecule has 6 heteroatoms. The summed E-state index contributed by atoms with van der Waals surface area (Å²) in [5.74, 6) is 0.667. The molecule has 0 saturated carbocycles. The Kier molecular flexibility index (Phi) is 3.68. The summed E-state index contributed by atoms with van der Waals surface area (Å²) in [7, 11) is 0. The van der Waals surface area contributed by atoms with Crippen LogP contribution in [0, 0.1) is 5.92 Å². The van der Waals surface area contributed by atoms with E-state index in [-0.39, 0.29) is 18.0 Å². The van der Waals surface area contributed by atoms with Gasteiger partial charge in [-0.15, -0.1) is 0 Å². The van der Waals surface area contributed by atoms with Gasteiger partial charge in [0, 0.05) is 31.7 Å². The van der Waals surface area contributed by atoms with Crippen LogP contribution in [-0.2, 0) is 11.3 Å². The summed E-state index contributed by atoms with van der Waals surface area (Å²) >= 11 is 0. The largest absolute Gasteiger partial charge is 0.341 e. The van der Waals surface area contributed by atoms with Crippen LogP contribution in [0.15, 0.2) is 29.5 Å². The van der Waals surface area contributed by atoms with E-state index in [0.717, 1.165) is 25.9 Å². The highest BCUT2D eigenvalue weighted by Crippen LogP contribution is 2.16. The van der Waals surface area contributed by atoms with Gasteiger partial charge in [0.15, 0.2) is 5.52 Å². The van der Waals surface area contributed by atoms with Crippen molar-refractivity contribution in [2.45, 2.75) is 26.3 Å². The second-order valence-corrected chi connectivity index (χ2v) is 5.60. The lowest BCUT2D eigenvalue weighted by Gasteiger charge is -2.30. The molecule has 0 atom stereocenters. The van der Waals surface area contributed by atoms with Crippen molar-refractivity contribution in [3.8, 4) is 0 Å². The summed E-state index contributed by atoms with van der Waals surface area (Å²) in [5.41, 5.74) is 0.595. The molecular weight excluding hydrogens is 268 g/mol. The molecule has 6 nitrogen and oxygen atoms in total. The average Bonchev–Trinajstić information content (AvgIpc) is 2.51. The van der Waals surface area contributed by atoms with Gasteiger partial charge in [-0.2, -0.15) is 0 Å². The van der Waals surface area contributed by atoms with Crippen LogP contribution in [0.1, 0.15) is 19.8 Å². The second kappa shape index (κ2) is 5.63. The van der Waals surface area contributed by atoms with Crippen molar-refractivity contribution in [1.29, 1.82) is 0 Å². The Morgan fingerprint density at radius 1 is 1.29 bits per heavy atom. The molecule has 0 aromatic carbocycles. The van der Waals surface area contributed by atoms with E-state index in [4.69, 9.17) is 0 Å². The minimum absolute atomic E-state index is 0.00718. The number of piperidine rings is 1. The standard InChI is InChI=1S/C15H18N4O2/c1-11-2-7-18(8-3-11)13(20)10-19-9-4-12-14(15(19)21)17-6-5-16-12/h4-6,9,11H,2-3,7-8,10H2,1H3. The number of hydrogen-bond donors (Lipinski definition) is 0. The lowest BCUT2D eigenvalue weighted by Crippen LogP contribution is -2.41. The molecule has 21 heavy (non-hydrogen) atoms. The first-order valence-corrected chi connectivity index (χ1v) is 7.23. The first-order valence-electron chi connectivity index (χ1n) is 7.23. The molecule has 0 aliphatic carbocycles. The van der Waals surface area contributed by atoms with E-state index in [2.05, 4.69) is 16.9 Å². The van der Waals surface area contributed by atoms with Crippen LogP contribution in [0.2, 0.25) is 0 Å². The molecule has 0 radical (unpaired) electrons. The summed E-state index contributed by atoms with van der Waals surface area (Å²) < 4.78 is 1.41. The highest BCUT2D eigenvalue weighted by molar-refractivity contribution is 5.77. The van der Waals surface area contributed by atoms with Crippen LogP contribution in [0.4, 0.5) is 0 Å². The molecule has 1 amide bonds. The minimum Gasteiger partial charge on any atom is -0.341 e. The molecule has 1 fully saturated rings. The fraction of sp³-hybridized carbons (Fsp3) is 0.467. The third-order valence-electron chi connectivity index (χ3n) is 4.04. The maximum Gasteiger partial charge on any atom is 0.279 e. The van der Waals surface area contributed by atoms with Gasteiger partial charge in [0.25, 0.3) is 5.56 Å². The van der Waals surface area contributed by atoms with Crippen molar-refractivity contribution in [3.05, 3.63) is 35.0 Å². The van der Waals surface area contributed by atoms with E-state index in [0.29, 0.717) is 17.0 Å². The van der Waals surface area contributed by atoms with Gasteiger partial charge in [0.2, 0.25) is 5.91 Å². The molecule has 0 bridgehead atoms. The van der Waals surface area contributed by atoms with Gasteiger partial charge in [-0.3, -0.25) is 14.6 Å². The van der Waals surface area contributed by atoms with E-state index in [9.17, 15) is 9.59 Å². The molecule has 3 rings (SSSR count). The van der Waals surface area contributed by atoms with Crippen LogP contribution in [-0.4, -0.2) is 38.4 Å². The molecule has 1 aliphatic rings. The number of amides is 1. The van der Waals surface area contributed by atoms with Gasteiger partial charge in [-0.05, 0) is 24.8 Å². The zero-order chi connectivity index (χ0) is 14.8. The van der Waals surface area contributed by atoms with Gasteiger partial charge in [0.05, 0.1) is 5.52 Å². The van der Waals surface area contributed by atoms with Gasteiger partial charge in [-0.25, -0.2) is 4.98 Å². The molecule has 3 heterocycles. The van der Waals surface area contributed by atoms with Crippen molar-refractivity contribution in [1.82, 2.24) is 19.4 Å². The summed E-state index contributed by atoms with van der Waals surface area (Å²) in [6.45, 7) is 3.83. The SMILES string of the molecule is CC1CCN(C(=O)Cn2ccc3nccnc3c2=O)CC1. The number of carbonyl (C=O) groups is 1. The smallest absolute Gasteiger partial charge is 0.279 e. The van der Waals surface area contributed by atoms with Crippen molar-refractivity contribution < 1.29 is 4.79 Å². The zero-order valence-electron chi connectivity index (χ0n) is 12.0. The lowest BCUT2D eigenvalue weighted by atomic mass is 9.99. The van der Waals surface area contributed by atoms with Crippen LogP contribution < -0.4 is 5.56 Å². The van der Waals surface area contributed by atoms with Crippen LogP contribution in [0.5, 0.6) is 0 Å². The fourth-order valence-electron chi connectivity index (χ4n) is 2.63. The average molecular weight is 286 g/mol.